The molecule has 1 amide bonds. The zero-order valence-electron chi connectivity index (χ0n) is 10.0. The number of amides is 1. The van der Waals surface area contributed by atoms with Crippen molar-refractivity contribution < 1.29 is 4.79 Å². The highest BCUT2D eigenvalue weighted by molar-refractivity contribution is 5.79. The first-order valence-electron chi connectivity index (χ1n) is 5.86. The number of rotatable bonds is 4. The summed E-state index contributed by atoms with van der Waals surface area (Å²) in [4.78, 5) is 10.9. The van der Waals surface area contributed by atoms with E-state index in [9.17, 15) is 4.79 Å². The lowest BCUT2D eigenvalue weighted by atomic mass is 10.0. The molecular weight excluding hydrogens is 224 g/mol. The summed E-state index contributed by atoms with van der Waals surface area (Å²) < 4.78 is 0. The van der Waals surface area contributed by atoms with Gasteiger partial charge in [0, 0.05) is 0 Å². The van der Waals surface area contributed by atoms with Crippen molar-refractivity contribution in [2.45, 2.75) is 12.5 Å². The van der Waals surface area contributed by atoms with Crippen LogP contribution in [0.25, 0.3) is 11.1 Å². The molecule has 0 radical (unpaired) electrons. The molecule has 0 heterocycles. The van der Waals surface area contributed by atoms with Crippen molar-refractivity contribution in [1.82, 2.24) is 0 Å². The summed E-state index contributed by atoms with van der Waals surface area (Å²) in [7, 11) is 0. The summed E-state index contributed by atoms with van der Waals surface area (Å²) in [5.74, 6) is -0.470. The Bertz CT molecular complexity index is 520. The predicted molar refractivity (Wildman–Crippen MR) is 72.8 cm³/mol. The van der Waals surface area contributed by atoms with Crippen LogP contribution in [0.1, 0.15) is 5.56 Å². The fraction of sp³-hybridized carbons (Fsp3) is 0.133. The number of hydrogen-bond donors (Lipinski definition) is 2. The number of carbonyl (C=O) groups excluding carboxylic acids is 1. The first kappa shape index (κ1) is 12.3. The van der Waals surface area contributed by atoms with Gasteiger partial charge in [0.2, 0.25) is 5.91 Å². The second-order valence-electron chi connectivity index (χ2n) is 4.28. The molecule has 0 spiro atoms. The van der Waals surface area contributed by atoms with Crippen LogP contribution in [0.2, 0.25) is 0 Å². The van der Waals surface area contributed by atoms with Crippen molar-refractivity contribution in [3.63, 3.8) is 0 Å². The number of primary amides is 1. The molecule has 0 aliphatic heterocycles. The first-order valence-corrected chi connectivity index (χ1v) is 5.86. The van der Waals surface area contributed by atoms with E-state index in [4.69, 9.17) is 11.5 Å². The van der Waals surface area contributed by atoms with Crippen molar-refractivity contribution in [1.29, 1.82) is 0 Å². The molecule has 2 aromatic rings. The van der Waals surface area contributed by atoms with Gasteiger partial charge < -0.3 is 11.5 Å². The summed E-state index contributed by atoms with van der Waals surface area (Å²) >= 11 is 0. The van der Waals surface area contributed by atoms with Gasteiger partial charge in [0.15, 0.2) is 0 Å². The normalized spacial score (nSPS) is 12.1. The molecule has 0 bridgehead atoms. The van der Waals surface area contributed by atoms with Gasteiger partial charge in [-0.1, -0.05) is 54.6 Å². The highest BCUT2D eigenvalue weighted by atomic mass is 16.1. The first-order chi connectivity index (χ1) is 8.66. The van der Waals surface area contributed by atoms with Crippen molar-refractivity contribution >= 4 is 5.91 Å². The maximum atomic E-state index is 10.9. The van der Waals surface area contributed by atoms with Gasteiger partial charge >= 0.3 is 0 Å². The van der Waals surface area contributed by atoms with Crippen LogP contribution < -0.4 is 11.5 Å². The summed E-state index contributed by atoms with van der Waals surface area (Å²) in [6, 6.07) is 17.5. The lowest BCUT2D eigenvalue weighted by Gasteiger charge is -2.08. The van der Waals surface area contributed by atoms with Crippen LogP contribution in [0, 0.1) is 0 Å². The zero-order valence-corrected chi connectivity index (χ0v) is 10.0. The lowest BCUT2D eigenvalue weighted by molar-refractivity contribution is -0.119. The molecule has 0 aromatic heterocycles. The van der Waals surface area contributed by atoms with E-state index >= 15 is 0 Å². The highest BCUT2D eigenvalue weighted by Gasteiger charge is 2.09. The minimum absolute atomic E-state index is 0.470. The van der Waals surface area contributed by atoms with Gasteiger partial charge in [0.05, 0.1) is 6.04 Å². The summed E-state index contributed by atoms with van der Waals surface area (Å²) in [5.41, 5.74) is 14.1. The van der Waals surface area contributed by atoms with E-state index in [2.05, 4.69) is 12.1 Å². The van der Waals surface area contributed by atoms with E-state index in [1.165, 1.54) is 5.56 Å². The SMILES string of the molecule is NC(=O)C(N)Cc1ccc(-c2ccccc2)cc1. The van der Waals surface area contributed by atoms with Crippen LogP contribution in [0.4, 0.5) is 0 Å². The molecule has 0 saturated carbocycles. The molecule has 2 rings (SSSR count). The Balaban J connectivity index is 2.13. The monoisotopic (exact) mass is 240 g/mol. The van der Waals surface area contributed by atoms with Crippen molar-refractivity contribution in [2.75, 3.05) is 0 Å². The molecule has 0 aliphatic rings. The molecule has 0 aliphatic carbocycles. The topological polar surface area (TPSA) is 69.1 Å². The standard InChI is InChI=1S/C15H16N2O/c16-14(15(17)18)10-11-6-8-13(9-7-11)12-4-2-1-3-5-12/h1-9,14H,10,16H2,(H2,17,18). The van der Waals surface area contributed by atoms with E-state index in [1.807, 2.05) is 42.5 Å². The zero-order chi connectivity index (χ0) is 13.0. The van der Waals surface area contributed by atoms with Gasteiger partial charge in [-0.2, -0.15) is 0 Å². The van der Waals surface area contributed by atoms with E-state index < -0.39 is 11.9 Å². The largest absolute Gasteiger partial charge is 0.368 e. The predicted octanol–water partition coefficient (Wildman–Crippen LogP) is 1.71. The molecule has 1 unspecified atom stereocenters. The molecule has 3 nitrogen and oxygen atoms in total. The van der Waals surface area contributed by atoms with Gasteiger partial charge in [-0.15, -0.1) is 0 Å². The Labute approximate surface area is 106 Å². The second kappa shape index (κ2) is 5.47. The Morgan fingerprint density at radius 1 is 0.944 bits per heavy atom. The molecular formula is C15H16N2O. The van der Waals surface area contributed by atoms with Gasteiger partial charge in [-0.3, -0.25) is 4.79 Å². The van der Waals surface area contributed by atoms with Crippen LogP contribution in [-0.2, 0) is 11.2 Å². The molecule has 4 N–H and O–H groups in total. The minimum atomic E-state index is -0.618. The minimum Gasteiger partial charge on any atom is -0.368 e. The molecule has 2 aromatic carbocycles. The van der Waals surface area contributed by atoms with Crippen LogP contribution in [0.5, 0.6) is 0 Å². The third-order valence-corrected chi connectivity index (χ3v) is 2.88. The molecule has 0 fully saturated rings. The lowest BCUT2D eigenvalue weighted by Crippen LogP contribution is -2.38. The van der Waals surface area contributed by atoms with Gasteiger partial charge in [-0.05, 0) is 23.1 Å². The van der Waals surface area contributed by atoms with Crippen molar-refractivity contribution in [3.8, 4) is 11.1 Å². The maximum Gasteiger partial charge on any atom is 0.234 e. The van der Waals surface area contributed by atoms with Crippen LogP contribution in [-0.4, -0.2) is 11.9 Å². The summed E-state index contributed by atoms with van der Waals surface area (Å²) in [6.45, 7) is 0. The van der Waals surface area contributed by atoms with Crippen molar-refractivity contribution in [2.24, 2.45) is 11.5 Å². The van der Waals surface area contributed by atoms with Gasteiger partial charge in [-0.25, -0.2) is 0 Å². The Kier molecular flexibility index (Phi) is 3.75. The average Bonchev–Trinajstić information content (AvgIpc) is 2.40. The fourth-order valence-electron chi connectivity index (χ4n) is 1.82. The molecule has 1 atom stereocenters. The fourth-order valence-corrected chi connectivity index (χ4v) is 1.82. The number of hydrogen-bond acceptors (Lipinski definition) is 2. The number of carbonyl (C=O) groups is 1. The maximum absolute atomic E-state index is 10.9. The number of nitrogens with two attached hydrogens (primary N) is 2. The van der Waals surface area contributed by atoms with Crippen LogP contribution >= 0.6 is 0 Å². The second-order valence-corrected chi connectivity index (χ2v) is 4.28. The van der Waals surface area contributed by atoms with Gasteiger partial charge in [0.1, 0.15) is 0 Å². The molecule has 18 heavy (non-hydrogen) atoms. The summed E-state index contributed by atoms with van der Waals surface area (Å²) in [5, 5.41) is 0. The Morgan fingerprint density at radius 2 is 1.50 bits per heavy atom. The van der Waals surface area contributed by atoms with E-state index in [0.29, 0.717) is 6.42 Å². The average molecular weight is 240 g/mol. The van der Waals surface area contributed by atoms with Crippen LogP contribution in [0.15, 0.2) is 54.6 Å². The third-order valence-electron chi connectivity index (χ3n) is 2.88. The quantitative estimate of drug-likeness (QED) is 0.854. The van der Waals surface area contributed by atoms with Gasteiger partial charge in [0.25, 0.3) is 0 Å². The van der Waals surface area contributed by atoms with E-state index in [1.54, 1.807) is 0 Å². The van der Waals surface area contributed by atoms with Crippen molar-refractivity contribution in [3.05, 3.63) is 60.2 Å². The Morgan fingerprint density at radius 3 is 2.06 bits per heavy atom. The Hall–Kier alpha value is -2.13. The molecule has 3 heteroatoms. The third kappa shape index (κ3) is 2.96. The summed E-state index contributed by atoms with van der Waals surface area (Å²) in [6.07, 6.45) is 0.477. The number of benzene rings is 2. The van der Waals surface area contributed by atoms with Crippen LogP contribution in [0.3, 0.4) is 0 Å². The molecule has 0 saturated heterocycles. The highest BCUT2D eigenvalue weighted by Crippen LogP contribution is 2.19. The molecule has 92 valence electrons. The van der Waals surface area contributed by atoms with E-state index in [-0.39, 0.29) is 0 Å². The smallest absolute Gasteiger partial charge is 0.234 e. The van der Waals surface area contributed by atoms with E-state index in [0.717, 1.165) is 11.1 Å².